The average Bonchev–Trinajstić information content (AvgIpc) is 3.66. The number of halogens is 3. The van der Waals surface area contributed by atoms with Crippen molar-refractivity contribution >= 4 is 27.5 Å². The first-order valence-corrected chi connectivity index (χ1v) is 13.8. The summed E-state index contributed by atoms with van der Waals surface area (Å²) in [6.07, 6.45) is 4.61. The lowest BCUT2D eigenvalue weighted by atomic mass is 9.99. The zero-order valence-corrected chi connectivity index (χ0v) is 22.7. The van der Waals surface area contributed by atoms with Crippen molar-refractivity contribution in [1.29, 1.82) is 0 Å². The average molecular weight is 567 g/mol. The molecule has 8 nitrogen and oxygen atoms in total. The predicted molar refractivity (Wildman–Crippen MR) is 150 cm³/mol. The van der Waals surface area contributed by atoms with E-state index >= 15 is 8.78 Å². The van der Waals surface area contributed by atoms with Gasteiger partial charge in [0.05, 0.1) is 14.7 Å². The summed E-state index contributed by atoms with van der Waals surface area (Å²) in [5.41, 5.74) is -1.44. The number of ether oxygens (including phenoxy) is 1. The summed E-state index contributed by atoms with van der Waals surface area (Å²) >= 11 is 0. The first kappa shape index (κ1) is 24.0. The van der Waals surface area contributed by atoms with Crippen LogP contribution in [0.3, 0.4) is 0 Å². The summed E-state index contributed by atoms with van der Waals surface area (Å²) in [5, 5.41) is 14.1. The van der Waals surface area contributed by atoms with E-state index in [4.69, 9.17) is 7.48 Å². The molecule has 2 N–H and O–H groups in total. The second kappa shape index (κ2) is 9.70. The van der Waals surface area contributed by atoms with Gasteiger partial charge in [0.2, 0.25) is 0 Å². The Labute approximate surface area is 238 Å². The number of aromatic hydroxyl groups is 1. The number of aromatic nitrogens is 3. The van der Waals surface area contributed by atoms with Crippen molar-refractivity contribution in [3.05, 3.63) is 47.9 Å². The molecular weight excluding hydrogens is 533 g/mol. The van der Waals surface area contributed by atoms with E-state index in [-0.39, 0.29) is 56.8 Å². The van der Waals surface area contributed by atoms with Gasteiger partial charge in [-0.3, -0.25) is 4.98 Å². The Bertz CT molecular complexity index is 1760. The summed E-state index contributed by atoms with van der Waals surface area (Å²) in [6.45, 7) is -0.481. The quantitative estimate of drug-likeness (QED) is 0.335. The lowest BCUT2D eigenvalue weighted by molar-refractivity contribution is 0.183. The predicted octanol–water partition coefficient (Wildman–Crippen LogP) is 4.63. The van der Waals surface area contributed by atoms with Gasteiger partial charge < -0.3 is 25.0 Å². The van der Waals surface area contributed by atoms with Gasteiger partial charge in [-0.25, -0.2) is 13.2 Å². The number of benzene rings is 2. The Balaban J connectivity index is 1.40. The SMILES string of the molecule is [2H]C([2H])(Oc1nc(N2C[C@H]3CC[C@@H](C2)N3)c2cnc(-c3cc(O)cc4ccc(F)c(F)c34)c(F)c2n1)C1(CN(C)C)CC1. The molecule has 214 valence electrons. The van der Waals surface area contributed by atoms with Gasteiger partial charge in [0.25, 0.3) is 0 Å². The second-order valence-electron chi connectivity index (χ2n) is 11.7. The molecule has 0 amide bonds. The summed E-state index contributed by atoms with van der Waals surface area (Å²) in [5.74, 6) is -3.18. The van der Waals surface area contributed by atoms with Crippen LogP contribution in [0.1, 0.15) is 28.4 Å². The highest BCUT2D eigenvalue weighted by atomic mass is 19.2. The highest BCUT2D eigenvalue weighted by Crippen LogP contribution is 2.46. The number of nitrogens with zero attached hydrogens (tertiary/aromatic N) is 5. The third-order valence-electron chi connectivity index (χ3n) is 8.24. The Kier molecular flexibility index (Phi) is 5.66. The van der Waals surface area contributed by atoms with Crippen molar-refractivity contribution < 1.29 is 25.8 Å². The fourth-order valence-electron chi connectivity index (χ4n) is 6.24. The normalized spacial score (nSPS) is 22.3. The van der Waals surface area contributed by atoms with Crippen molar-refractivity contribution in [2.75, 3.05) is 45.2 Å². The van der Waals surface area contributed by atoms with E-state index in [0.717, 1.165) is 25.0 Å². The Morgan fingerprint density at radius 3 is 2.59 bits per heavy atom. The minimum atomic E-state index is -2.14. The fourth-order valence-corrected chi connectivity index (χ4v) is 6.24. The molecule has 1 saturated carbocycles. The van der Waals surface area contributed by atoms with E-state index in [1.165, 1.54) is 18.3 Å². The smallest absolute Gasteiger partial charge is 0.319 e. The molecule has 0 spiro atoms. The third-order valence-corrected chi connectivity index (χ3v) is 8.24. The minimum Gasteiger partial charge on any atom is -0.508 e. The van der Waals surface area contributed by atoms with E-state index in [2.05, 4.69) is 20.3 Å². The highest BCUT2D eigenvalue weighted by Gasteiger charge is 2.44. The van der Waals surface area contributed by atoms with Crippen LogP contribution >= 0.6 is 0 Å². The molecule has 2 aliphatic heterocycles. The van der Waals surface area contributed by atoms with Crippen LogP contribution < -0.4 is 15.0 Å². The molecule has 41 heavy (non-hydrogen) atoms. The molecule has 2 saturated heterocycles. The van der Waals surface area contributed by atoms with E-state index in [1.54, 1.807) is 0 Å². The van der Waals surface area contributed by atoms with Crippen LogP contribution in [0, 0.1) is 22.9 Å². The third kappa shape index (κ3) is 4.70. The Morgan fingerprint density at radius 1 is 1.12 bits per heavy atom. The number of nitrogens with one attached hydrogen (secondary N) is 1. The van der Waals surface area contributed by atoms with Crippen molar-refractivity contribution in [3.8, 4) is 23.0 Å². The van der Waals surface area contributed by atoms with Gasteiger partial charge in [-0.15, -0.1) is 0 Å². The summed E-state index contributed by atoms with van der Waals surface area (Å²) < 4.78 is 69.4. The number of pyridine rings is 1. The molecule has 0 radical (unpaired) electrons. The molecule has 0 unspecified atom stereocenters. The van der Waals surface area contributed by atoms with Crippen LogP contribution in [0.25, 0.3) is 32.9 Å². The minimum absolute atomic E-state index is 0.146. The van der Waals surface area contributed by atoms with E-state index in [0.29, 0.717) is 38.3 Å². The maximum Gasteiger partial charge on any atom is 0.319 e. The van der Waals surface area contributed by atoms with Gasteiger partial charge in [0.15, 0.2) is 17.5 Å². The van der Waals surface area contributed by atoms with Gasteiger partial charge in [0.1, 0.15) is 22.8 Å². The first-order chi connectivity index (χ1) is 20.4. The molecule has 7 rings (SSSR count). The van der Waals surface area contributed by atoms with Crippen molar-refractivity contribution in [1.82, 2.24) is 25.2 Å². The zero-order valence-electron chi connectivity index (χ0n) is 24.7. The lowest BCUT2D eigenvalue weighted by Gasteiger charge is -2.34. The molecule has 4 heterocycles. The van der Waals surface area contributed by atoms with E-state index in [1.807, 2.05) is 23.9 Å². The summed E-state index contributed by atoms with van der Waals surface area (Å²) in [6, 6.07) is 4.75. The topological polar surface area (TPSA) is 86.6 Å². The van der Waals surface area contributed by atoms with E-state index < -0.39 is 29.4 Å². The molecule has 11 heteroatoms. The molecule has 4 aromatic rings. The van der Waals surface area contributed by atoms with Crippen LogP contribution in [-0.2, 0) is 0 Å². The van der Waals surface area contributed by atoms with Gasteiger partial charge in [0, 0.05) is 54.3 Å². The largest absolute Gasteiger partial charge is 0.508 e. The van der Waals surface area contributed by atoms with Crippen LogP contribution in [-0.4, -0.2) is 77.3 Å². The van der Waals surface area contributed by atoms with Gasteiger partial charge >= 0.3 is 6.01 Å². The molecule has 1 aliphatic carbocycles. The highest BCUT2D eigenvalue weighted by molar-refractivity contribution is 6.00. The first-order valence-electron chi connectivity index (χ1n) is 14.8. The van der Waals surface area contributed by atoms with Gasteiger partial charge in [-0.05, 0) is 63.4 Å². The van der Waals surface area contributed by atoms with Crippen LogP contribution in [0.4, 0.5) is 19.0 Å². The maximum atomic E-state index is 16.6. The number of piperazine rings is 1. The Hall–Kier alpha value is -3.70. The van der Waals surface area contributed by atoms with Gasteiger partial charge in [-0.2, -0.15) is 9.97 Å². The number of anilines is 1. The van der Waals surface area contributed by atoms with Crippen LogP contribution in [0.15, 0.2) is 30.5 Å². The summed E-state index contributed by atoms with van der Waals surface area (Å²) in [4.78, 5) is 17.2. The number of phenolic OH excluding ortho intramolecular Hbond substituents is 1. The lowest BCUT2D eigenvalue weighted by Crippen LogP contribution is -2.51. The molecule has 2 bridgehead atoms. The molecule has 2 aromatic heterocycles. The van der Waals surface area contributed by atoms with Gasteiger partial charge in [-0.1, -0.05) is 6.07 Å². The summed E-state index contributed by atoms with van der Waals surface area (Å²) in [7, 11) is 3.73. The van der Waals surface area contributed by atoms with E-state index in [9.17, 15) is 9.50 Å². The number of hydrogen-bond donors (Lipinski definition) is 2. The number of fused-ring (bicyclic) bond motifs is 4. The molecule has 3 aliphatic rings. The number of rotatable bonds is 7. The molecule has 3 fully saturated rings. The fraction of sp³-hybridized carbons (Fsp3) is 0.433. The van der Waals surface area contributed by atoms with Crippen molar-refractivity contribution in [3.63, 3.8) is 0 Å². The Morgan fingerprint density at radius 2 is 1.88 bits per heavy atom. The molecule has 2 aromatic carbocycles. The standard InChI is InChI=1S/C30H31F3N6O2/c1-38(2)14-30(7-8-30)15-41-29-36-27-21(28(37-29)39-12-17-4-5-18(13-39)35-17)11-34-26(25(27)33)20-10-19(40)9-16-3-6-22(31)24(32)23(16)20/h3,6,9-11,17-18,35,40H,4-5,7-8,12-15H2,1-2H3/t17-,18+/i15D2. The zero-order chi connectivity index (χ0) is 30.3. The molecular formula is C30H31F3N6O2. The van der Waals surface area contributed by atoms with Crippen LogP contribution in [0.2, 0.25) is 0 Å². The number of hydrogen-bond acceptors (Lipinski definition) is 8. The maximum absolute atomic E-state index is 16.6. The number of phenols is 1. The van der Waals surface area contributed by atoms with Crippen LogP contribution in [0.5, 0.6) is 11.8 Å². The van der Waals surface area contributed by atoms with Crippen molar-refractivity contribution in [2.45, 2.75) is 37.8 Å². The van der Waals surface area contributed by atoms with Crippen molar-refractivity contribution in [2.24, 2.45) is 5.41 Å². The molecule has 2 atom stereocenters. The monoisotopic (exact) mass is 566 g/mol. The second-order valence-corrected chi connectivity index (χ2v) is 11.7.